The first-order chi connectivity index (χ1) is 13.6. The van der Waals surface area contributed by atoms with Crippen molar-refractivity contribution in [3.05, 3.63) is 65.0 Å². The number of pyridine rings is 1. The predicted molar refractivity (Wildman–Crippen MR) is 105 cm³/mol. The van der Waals surface area contributed by atoms with E-state index in [4.69, 9.17) is 10.7 Å². The summed E-state index contributed by atoms with van der Waals surface area (Å²) in [5, 5.41) is 5.36. The van der Waals surface area contributed by atoms with Crippen LogP contribution in [0.25, 0.3) is 22.3 Å². The molecule has 140 valence electrons. The molecule has 1 aliphatic carbocycles. The molecule has 0 radical (unpaired) electrons. The Morgan fingerprint density at radius 2 is 2.04 bits per heavy atom. The van der Waals surface area contributed by atoms with Gasteiger partial charge in [0.2, 0.25) is 0 Å². The van der Waals surface area contributed by atoms with E-state index < -0.39 is 0 Å². The van der Waals surface area contributed by atoms with Gasteiger partial charge in [0.15, 0.2) is 5.65 Å². The minimum atomic E-state index is -0.276. The van der Waals surface area contributed by atoms with Gasteiger partial charge in [-0.1, -0.05) is 12.1 Å². The topological polar surface area (TPSA) is 82.5 Å². The van der Waals surface area contributed by atoms with Gasteiger partial charge in [0.05, 0.1) is 23.3 Å². The maximum atomic E-state index is 14.6. The van der Waals surface area contributed by atoms with Crippen LogP contribution in [0.15, 0.2) is 36.7 Å². The standard InChI is InChI=1S/C21H19FN6/c1-12-18-20(23)24-11-25-21(18)28(27-12)10-14-9-13-5-4-8-17(13)26-19(14)15-6-2-3-7-16(15)22/h2-3,6-7,9,11H,4-5,8,10H2,1H3,(H2,23,24,25). The molecular weight excluding hydrogens is 355 g/mol. The fourth-order valence-corrected chi connectivity index (χ4v) is 4.01. The number of rotatable bonds is 3. The van der Waals surface area contributed by atoms with Gasteiger partial charge in [0.25, 0.3) is 0 Å². The third-order valence-corrected chi connectivity index (χ3v) is 5.31. The van der Waals surface area contributed by atoms with Gasteiger partial charge >= 0.3 is 0 Å². The largest absolute Gasteiger partial charge is 0.383 e. The van der Waals surface area contributed by atoms with Crippen molar-refractivity contribution in [2.75, 3.05) is 5.73 Å². The molecule has 0 saturated heterocycles. The zero-order chi connectivity index (χ0) is 19.3. The number of fused-ring (bicyclic) bond motifs is 2. The fourth-order valence-electron chi connectivity index (χ4n) is 4.01. The number of anilines is 1. The quantitative estimate of drug-likeness (QED) is 0.594. The Morgan fingerprint density at radius 1 is 1.18 bits per heavy atom. The van der Waals surface area contributed by atoms with Crippen molar-refractivity contribution in [2.24, 2.45) is 0 Å². The second kappa shape index (κ2) is 6.37. The molecule has 1 aliphatic rings. The van der Waals surface area contributed by atoms with Crippen LogP contribution in [0.4, 0.5) is 10.2 Å². The molecule has 0 bridgehead atoms. The summed E-state index contributed by atoms with van der Waals surface area (Å²) < 4.78 is 16.4. The number of hydrogen-bond donors (Lipinski definition) is 1. The highest BCUT2D eigenvalue weighted by atomic mass is 19.1. The number of halogens is 1. The summed E-state index contributed by atoms with van der Waals surface area (Å²) in [4.78, 5) is 13.3. The number of aryl methyl sites for hydroxylation is 3. The van der Waals surface area contributed by atoms with Crippen LogP contribution in [0, 0.1) is 12.7 Å². The molecule has 5 rings (SSSR count). The van der Waals surface area contributed by atoms with Crippen molar-refractivity contribution in [3.8, 4) is 11.3 Å². The van der Waals surface area contributed by atoms with E-state index in [2.05, 4.69) is 21.1 Å². The third-order valence-electron chi connectivity index (χ3n) is 5.31. The molecule has 28 heavy (non-hydrogen) atoms. The lowest BCUT2D eigenvalue weighted by molar-refractivity contribution is 0.629. The second-order valence-corrected chi connectivity index (χ2v) is 7.14. The van der Waals surface area contributed by atoms with E-state index in [1.807, 2.05) is 13.0 Å². The van der Waals surface area contributed by atoms with E-state index in [-0.39, 0.29) is 5.82 Å². The molecular formula is C21H19FN6. The lowest BCUT2D eigenvalue weighted by Crippen LogP contribution is -2.08. The van der Waals surface area contributed by atoms with Crippen LogP contribution < -0.4 is 5.73 Å². The van der Waals surface area contributed by atoms with Gasteiger partial charge in [-0.25, -0.2) is 19.0 Å². The van der Waals surface area contributed by atoms with E-state index in [1.54, 1.807) is 16.8 Å². The highest BCUT2D eigenvalue weighted by molar-refractivity contribution is 5.87. The van der Waals surface area contributed by atoms with Crippen LogP contribution >= 0.6 is 0 Å². The number of hydrogen-bond acceptors (Lipinski definition) is 5. The van der Waals surface area contributed by atoms with Crippen molar-refractivity contribution < 1.29 is 4.39 Å². The van der Waals surface area contributed by atoms with Gasteiger partial charge in [-0.05, 0) is 49.9 Å². The number of nitrogen functional groups attached to an aromatic ring is 1. The van der Waals surface area contributed by atoms with Crippen LogP contribution in [-0.2, 0) is 19.4 Å². The van der Waals surface area contributed by atoms with Crippen LogP contribution in [0.5, 0.6) is 0 Å². The van der Waals surface area contributed by atoms with Crippen molar-refractivity contribution in [3.63, 3.8) is 0 Å². The molecule has 0 unspecified atom stereocenters. The average molecular weight is 374 g/mol. The van der Waals surface area contributed by atoms with Crippen molar-refractivity contribution in [1.29, 1.82) is 0 Å². The maximum absolute atomic E-state index is 14.6. The molecule has 3 heterocycles. The minimum Gasteiger partial charge on any atom is -0.383 e. The number of nitrogens with zero attached hydrogens (tertiary/aromatic N) is 5. The summed E-state index contributed by atoms with van der Waals surface area (Å²) in [5.41, 5.74) is 11.9. The highest BCUT2D eigenvalue weighted by Gasteiger charge is 2.21. The molecule has 0 saturated carbocycles. The molecule has 4 aromatic rings. The van der Waals surface area contributed by atoms with Crippen molar-refractivity contribution in [2.45, 2.75) is 32.7 Å². The summed E-state index contributed by atoms with van der Waals surface area (Å²) in [7, 11) is 0. The van der Waals surface area contributed by atoms with Gasteiger partial charge in [-0.2, -0.15) is 5.10 Å². The Balaban J connectivity index is 1.69. The molecule has 7 heteroatoms. The second-order valence-electron chi connectivity index (χ2n) is 7.14. The number of aromatic nitrogens is 5. The minimum absolute atomic E-state index is 0.276. The van der Waals surface area contributed by atoms with Crippen LogP contribution in [0.3, 0.4) is 0 Å². The Hall–Kier alpha value is -3.35. The molecule has 0 aliphatic heterocycles. The monoisotopic (exact) mass is 374 g/mol. The summed E-state index contributed by atoms with van der Waals surface area (Å²) in [6.07, 6.45) is 4.45. The van der Waals surface area contributed by atoms with E-state index in [1.165, 1.54) is 18.0 Å². The molecule has 0 fully saturated rings. The lowest BCUT2D eigenvalue weighted by Gasteiger charge is -2.13. The van der Waals surface area contributed by atoms with Gasteiger partial charge in [-0.3, -0.25) is 4.98 Å². The predicted octanol–water partition coefficient (Wildman–Crippen LogP) is 3.46. The van der Waals surface area contributed by atoms with Crippen LogP contribution in [-0.4, -0.2) is 24.7 Å². The maximum Gasteiger partial charge on any atom is 0.163 e. The first-order valence-electron chi connectivity index (χ1n) is 9.32. The SMILES string of the molecule is Cc1nn(Cc2cc3c(nc2-c2ccccc2F)CCC3)c2ncnc(N)c12. The van der Waals surface area contributed by atoms with E-state index in [0.29, 0.717) is 29.3 Å². The van der Waals surface area contributed by atoms with Crippen LogP contribution in [0.2, 0.25) is 0 Å². The highest BCUT2D eigenvalue weighted by Crippen LogP contribution is 2.31. The van der Waals surface area contributed by atoms with E-state index in [0.717, 1.165) is 41.6 Å². The molecule has 0 atom stereocenters. The van der Waals surface area contributed by atoms with Crippen molar-refractivity contribution >= 4 is 16.9 Å². The van der Waals surface area contributed by atoms with E-state index >= 15 is 0 Å². The Kier molecular flexibility index (Phi) is 3.82. The smallest absolute Gasteiger partial charge is 0.163 e. The summed E-state index contributed by atoms with van der Waals surface area (Å²) in [5.74, 6) is 0.137. The normalized spacial score (nSPS) is 13.2. The molecule has 1 aromatic carbocycles. The first kappa shape index (κ1) is 16.8. The van der Waals surface area contributed by atoms with Gasteiger partial charge in [0.1, 0.15) is 18.0 Å². The van der Waals surface area contributed by atoms with Gasteiger partial charge in [0, 0.05) is 16.8 Å². The van der Waals surface area contributed by atoms with E-state index in [9.17, 15) is 4.39 Å². The van der Waals surface area contributed by atoms with Gasteiger partial charge < -0.3 is 5.73 Å². The zero-order valence-electron chi connectivity index (χ0n) is 15.5. The molecule has 0 amide bonds. The molecule has 0 spiro atoms. The summed E-state index contributed by atoms with van der Waals surface area (Å²) in [6.45, 7) is 2.32. The Morgan fingerprint density at radius 3 is 2.89 bits per heavy atom. The third kappa shape index (κ3) is 2.62. The number of benzene rings is 1. The van der Waals surface area contributed by atoms with Gasteiger partial charge in [-0.15, -0.1) is 0 Å². The summed E-state index contributed by atoms with van der Waals surface area (Å²) in [6, 6.07) is 8.91. The first-order valence-corrected chi connectivity index (χ1v) is 9.32. The summed E-state index contributed by atoms with van der Waals surface area (Å²) >= 11 is 0. The zero-order valence-corrected chi connectivity index (χ0v) is 15.5. The fraction of sp³-hybridized carbons (Fsp3) is 0.238. The number of nitrogens with two attached hydrogens (primary N) is 1. The molecule has 3 aromatic heterocycles. The molecule has 6 nitrogen and oxygen atoms in total. The Labute approximate surface area is 161 Å². The average Bonchev–Trinajstić information content (AvgIpc) is 3.26. The van der Waals surface area contributed by atoms with Crippen LogP contribution in [0.1, 0.15) is 28.9 Å². The lowest BCUT2D eigenvalue weighted by atomic mass is 10.0. The van der Waals surface area contributed by atoms with Crippen molar-refractivity contribution in [1.82, 2.24) is 24.7 Å². The molecule has 2 N–H and O–H groups in total. The Bertz CT molecular complexity index is 1210.